The zero-order chi connectivity index (χ0) is 20.2. The normalized spacial score (nSPS) is 15.7. The minimum Gasteiger partial charge on any atom is -0.357 e. The van der Waals surface area contributed by atoms with Crippen LogP contribution < -0.4 is 16.0 Å². The van der Waals surface area contributed by atoms with Crippen molar-refractivity contribution < 1.29 is 4.79 Å². The highest BCUT2D eigenvalue weighted by atomic mass is 16.1. The van der Waals surface area contributed by atoms with Crippen LogP contribution in [0.5, 0.6) is 0 Å². The number of aliphatic imine (C=N–C) groups is 1. The number of nitrogens with one attached hydrogen (secondary N) is 3. The summed E-state index contributed by atoms with van der Waals surface area (Å²) in [7, 11) is 0. The minimum atomic E-state index is -0.172. The summed E-state index contributed by atoms with van der Waals surface area (Å²) in [5.74, 6) is 3.92. The van der Waals surface area contributed by atoms with Gasteiger partial charge in [-0.1, -0.05) is 18.9 Å². The zero-order valence-electron chi connectivity index (χ0n) is 17.1. The molecule has 0 bridgehead atoms. The molecule has 3 N–H and O–H groups in total. The number of hydrogen-bond acceptors (Lipinski definition) is 3. The van der Waals surface area contributed by atoms with Gasteiger partial charge in [0.25, 0.3) is 0 Å². The van der Waals surface area contributed by atoms with E-state index in [9.17, 15) is 4.79 Å². The van der Waals surface area contributed by atoms with E-state index in [4.69, 9.17) is 6.42 Å². The van der Waals surface area contributed by atoms with Crippen molar-refractivity contribution in [2.75, 3.05) is 44.6 Å². The van der Waals surface area contributed by atoms with E-state index < -0.39 is 0 Å². The SMILES string of the molecule is C#Cc1cccc(NC(=O)CN=C(NCC)NCCCN2CCC(C)CC2)c1. The Balaban J connectivity index is 1.73. The number of nitrogens with zero attached hydrogens (tertiary/aromatic N) is 2. The maximum atomic E-state index is 12.2. The van der Waals surface area contributed by atoms with Crippen molar-refractivity contribution in [1.82, 2.24) is 15.5 Å². The van der Waals surface area contributed by atoms with Gasteiger partial charge in [0.2, 0.25) is 5.91 Å². The molecule has 2 rings (SSSR count). The predicted molar refractivity (Wildman–Crippen MR) is 116 cm³/mol. The predicted octanol–water partition coefficient (Wildman–Crippen LogP) is 2.28. The number of rotatable bonds is 8. The first-order valence-corrected chi connectivity index (χ1v) is 10.2. The van der Waals surface area contributed by atoms with Crippen molar-refractivity contribution in [2.45, 2.75) is 33.1 Å². The van der Waals surface area contributed by atoms with E-state index in [0.717, 1.165) is 37.5 Å². The van der Waals surface area contributed by atoms with Crippen LogP contribution in [0.15, 0.2) is 29.3 Å². The maximum absolute atomic E-state index is 12.2. The van der Waals surface area contributed by atoms with Crippen molar-refractivity contribution in [3.05, 3.63) is 29.8 Å². The topological polar surface area (TPSA) is 68.8 Å². The van der Waals surface area contributed by atoms with Crippen LogP contribution in [0.4, 0.5) is 5.69 Å². The molecule has 0 atom stereocenters. The van der Waals surface area contributed by atoms with Crippen molar-refractivity contribution in [3.63, 3.8) is 0 Å². The van der Waals surface area contributed by atoms with E-state index in [0.29, 0.717) is 11.6 Å². The highest BCUT2D eigenvalue weighted by molar-refractivity contribution is 5.94. The number of anilines is 1. The fraction of sp³-hybridized carbons (Fsp3) is 0.545. The number of guanidine groups is 1. The third-order valence-electron chi connectivity index (χ3n) is 4.86. The Bertz CT molecular complexity index is 686. The number of amides is 1. The number of terminal acetylenes is 1. The third kappa shape index (κ3) is 8.01. The average molecular weight is 384 g/mol. The standard InChI is InChI=1S/C22H33N5O/c1-4-19-8-6-9-20(16-19)26-21(28)17-25-22(23-5-2)24-12-7-13-27-14-10-18(3)11-15-27/h1,6,8-9,16,18H,5,7,10-15,17H2,2-3H3,(H,26,28)(H2,23,24,25). The first-order valence-electron chi connectivity index (χ1n) is 10.2. The second kappa shape index (κ2) is 12.0. The number of carbonyl (C=O) groups is 1. The largest absolute Gasteiger partial charge is 0.357 e. The molecule has 1 aromatic carbocycles. The molecule has 0 aromatic heterocycles. The summed E-state index contributed by atoms with van der Waals surface area (Å²) >= 11 is 0. The number of hydrogen-bond donors (Lipinski definition) is 3. The molecule has 1 aliphatic heterocycles. The highest BCUT2D eigenvalue weighted by Crippen LogP contribution is 2.15. The Hall–Kier alpha value is -2.52. The highest BCUT2D eigenvalue weighted by Gasteiger charge is 2.14. The lowest BCUT2D eigenvalue weighted by Gasteiger charge is -2.30. The molecule has 0 aliphatic carbocycles. The molecule has 1 aromatic rings. The van der Waals surface area contributed by atoms with Crippen molar-refractivity contribution in [3.8, 4) is 12.3 Å². The smallest absolute Gasteiger partial charge is 0.246 e. The van der Waals surface area contributed by atoms with Gasteiger partial charge < -0.3 is 20.9 Å². The van der Waals surface area contributed by atoms with Gasteiger partial charge in [0.1, 0.15) is 6.54 Å². The molecule has 1 fully saturated rings. The molecule has 0 radical (unpaired) electrons. The van der Waals surface area contributed by atoms with Gasteiger partial charge in [-0.15, -0.1) is 6.42 Å². The van der Waals surface area contributed by atoms with E-state index in [1.54, 1.807) is 6.07 Å². The van der Waals surface area contributed by atoms with Gasteiger partial charge in [-0.25, -0.2) is 4.99 Å². The van der Waals surface area contributed by atoms with Gasteiger partial charge in [0.05, 0.1) is 0 Å². The van der Waals surface area contributed by atoms with Gasteiger partial charge in [-0.2, -0.15) is 0 Å². The fourth-order valence-corrected chi connectivity index (χ4v) is 3.17. The molecule has 6 heteroatoms. The van der Waals surface area contributed by atoms with Gasteiger partial charge in [0.15, 0.2) is 5.96 Å². The Morgan fingerprint density at radius 1 is 1.32 bits per heavy atom. The minimum absolute atomic E-state index is 0.0552. The molecule has 0 unspecified atom stereocenters. The van der Waals surface area contributed by atoms with Gasteiger partial charge in [0, 0.05) is 24.3 Å². The Morgan fingerprint density at radius 3 is 2.82 bits per heavy atom. The molecule has 0 spiro atoms. The van der Waals surface area contributed by atoms with Crippen LogP contribution in [-0.2, 0) is 4.79 Å². The number of piperidine rings is 1. The molecule has 1 heterocycles. The average Bonchev–Trinajstić information content (AvgIpc) is 2.70. The molecule has 28 heavy (non-hydrogen) atoms. The molecular weight excluding hydrogens is 350 g/mol. The van der Waals surface area contributed by atoms with Crippen molar-refractivity contribution in [2.24, 2.45) is 10.9 Å². The van der Waals surface area contributed by atoms with Crippen LogP contribution in [-0.4, -0.2) is 56.0 Å². The van der Waals surface area contributed by atoms with Crippen LogP contribution in [0.2, 0.25) is 0 Å². The molecule has 6 nitrogen and oxygen atoms in total. The second-order valence-corrected chi connectivity index (χ2v) is 7.27. The number of benzene rings is 1. The second-order valence-electron chi connectivity index (χ2n) is 7.27. The van der Waals surface area contributed by atoms with E-state index in [1.807, 2.05) is 25.1 Å². The van der Waals surface area contributed by atoms with E-state index in [1.165, 1.54) is 25.9 Å². The summed E-state index contributed by atoms with van der Waals surface area (Å²) in [6.07, 6.45) is 9.05. The lowest BCUT2D eigenvalue weighted by atomic mass is 9.99. The summed E-state index contributed by atoms with van der Waals surface area (Å²) in [6, 6.07) is 7.23. The lowest BCUT2D eigenvalue weighted by Crippen LogP contribution is -2.40. The van der Waals surface area contributed by atoms with Crippen LogP contribution in [0, 0.1) is 18.3 Å². The molecule has 1 aliphatic rings. The third-order valence-corrected chi connectivity index (χ3v) is 4.86. The lowest BCUT2D eigenvalue weighted by molar-refractivity contribution is -0.114. The van der Waals surface area contributed by atoms with Crippen molar-refractivity contribution in [1.29, 1.82) is 0 Å². The fourth-order valence-electron chi connectivity index (χ4n) is 3.17. The molecule has 0 saturated carbocycles. The van der Waals surface area contributed by atoms with Crippen LogP contribution in [0.1, 0.15) is 38.7 Å². The quantitative estimate of drug-likeness (QED) is 0.279. The Labute approximate surface area is 169 Å². The summed E-state index contributed by atoms with van der Waals surface area (Å²) in [5, 5.41) is 9.32. The summed E-state index contributed by atoms with van der Waals surface area (Å²) < 4.78 is 0. The maximum Gasteiger partial charge on any atom is 0.246 e. The van der Waals surface area contributed by atoms with Gasteiger partial charge in [-0.05, 0) is 69.9 Å². The zero-order valence-corrected chi connectivity index (χ0v) is 17.1. The molecular formula is C22H33N5O. The first-order chi connectivity index (χ1) is 13.6. The van der Waals surface area contributed by atoms with Crippen LogP contribution in [0.3, 0.4) is 0 Å². The Kier molecular flexibility index (Phi) is 9.36. The molecule has 1 amide bonds. The first kappa shape index (κ1) is 21.8. The summed E-state index contributed by atoms with van der Waals surface area (Å²) in [5.41, 5.74) is 1.42. The Morgan fingerprint density at radius 2 is 2.11 bits per heavy atom. The number of carbonyl (C=O) groups excluding carboxylic acids is 1. The van der Waals surface area contributed by atoms with E-state index in [2.05, 4.69) is 38.7 Å². The summed E-state index contributed by atoms with van der Waals surface area (Å²) in [4.78, 5) is 19.1. The van der Waals surface area contributed by atoms with E-state index >= 15 is 0 Å². The van der Waals surface area contributed by atoms with Gasteiger partial charge in [-0.3, -0.25) is 4.79 Å². The number of likely N-dealkylation sites (tertiary alicyclic amines) is 1. The summed E-state index contributed by atoms with van der Waals surface area (Å²) in [6.45, 7) is 9.50. The van der Waals surface area contributed by atoms with E-state index in [-0.39, 0.29) is 12.5 Å². The van der Waals surface area contributed by atoms with Crippen LogP contribution in [0.25, 0.3) is 0 Å². The van der Waals surface area contributed by atoms with Crippen molar-refractivity contribution >= 4 is 17.6 Å². The molecule has 152 valence electrons. The molecule has 1 saturated heterocycles. The monoisotopic (exact) mass is 383 g/mol. The van der Waals surface area contributed by atoms with Gasteiger partial charge >= 0.3 is 0 Å². The van der Waals surface area contributed by atoms with Crippen LogP contribution >= 0.6 is 0 Å².